The van der Waals surface area contributed by atoms with E-state index >= 15 is 0 Å². The lowest BCUT2D eigenvalue weighted by Crippen LogP contribution is -2.60. The van der Waals surface area contributed by atoms with Gasteiger partial charge in [0.1, 0.15) is 0 Å². The highest BCUT2D eigenvalue weighted by atomic mass is 32.2. The van der Waals surface area contributed by atoms with Crippen molar-refractivity contribution in [1.29, 1.82) is 0 Å². The third-order valence-corrected chi connectivity index (χ3v) is 6.85. The summed E-state index contributed by atoms with van der Waals surface area (Å²) in [6.07, 6.45) is 2.65. The van der Waals surface area contributed by atoms with Crippen molar-refractivity contribution in [2.24, 2.45) is 11.7 Å². The number of benzene rings is 1. The van der Waals surface area contributed by atoms with Gasteiger partial charge in [-0.15, -0.1) is 0 Å². The normalized spacial score (nSPS) is 28.9. The van der Waals surface area contributed by atoms with Gasteiger partial charge in [-0.05, 0) is 37.3 Å². The van der Waals surface area contributed by atoms with Crippen LogP contribution in [0, 0.1) is 16.0 Å². The monoisotopic (exact) mass is 311 g/mol. The molecule has 2 atom stereocenters. The Bertz CT molecular complexity index is 669. The molecule has 0 amide bonds. The summed E-state index contributed by atoms with van der Waals surface area (Å²) in [6, 6.07) is 5.03. The van der Waals surface area contributed by atoms with Gasteiger partial charge in [-0.2, -0.15) is 4.31 Å². The minimum absolute atomic E-state index is 0.0912. The van der Waals surface area contributed by atoms with E-state index in [9.17, 15) is 18.5 Å². The van der Waals surface area contributed by atoms with Gasteiger partial charge < -0.3 is 5.73 Å². The number of rotatable bonds is 4. The largest absolute Gasteiger partial charge is 0.329 e. The molecule has 0 radical (unpaired) electrons. The number of nitrogens with two attached hydrogens (primary N) is 1. The van der Waals surface area contributed by atoms with E-state index in [0.717, 1.165) is 19.3 Å². The molecule has 1 aromatic rings. The Morgan fingerprint density at radius 1 is 1.33 bits per heavy atom. The molecule has 1 heterocycles. The molecular formula is C13H17N3O4S. The van der Waals surface area contributed by atoms with Crippen molar-refractivity contribution in [2.45, 2.75) is 29.7 Å². The van der Waals surface area contributed by atoms with Gasteiger partial charge >= 0.3 is 0 Å². The number of hydrogen-bond donors (Lipinski definition) is 1. The van der Waals surface area contributed by atoms with Crippen LogP contribution in [-0.4, -0.2) is 36.3 Å². The quantitative estimate of drug-likeness (QED) is 0.662. The Kier molecular flexibility index (Phi) is 3.27. The second-order valence-corrected chi connectivity index (χ2v) is 7.52. The molecule has 21 heavy (non-hydrogen) atoms. The minimum Gasteiger partial charge on any atom is -0.329 e. The summed E-state index contributed by atoms with van der Waals surface area (Å²) in [7, 11) is -3.65. The molecule has 8 heteroatoms. The first-order valence-corrected chi connectivity index (χ1v) is 8.33. The summed E-state index contributed by atoms with van der Waals surface area (Å²) in [4.78, 5) is 10.2. The van der Waals surface area contributed by atoms with Crippen molar-refractivity contribution in [1.82, 2.24) is 4.31 Å². The summed E-state index contributed by atoms with van der Waals surface area (Å²) in [5.74, 6) is 0.343. The average molecular weight is 311 g/mol. The fourth-order valence-corrected chi connectivity index (χ4v) is 5.39. The van der Waals surface area contributed by atoms with Gasteiger partial charge in [-0.1, -0.05) is 0 Å². The molecule has 1 saturated heterocycles. The van der Waals surface area contributed by atoms with E-state index in [1.54, 1.807) is 0 Å². The topological polar surface area (TPSA) is 107 Å². The molecule has 3 rings (SSSR count). The number of nitrogens with zero attached hydrogens (tertiary/aromatic N) is 2. The zero-order valence-corrected chi connectivity index (χ0v) is 12.3. The molecule has 2 unspecified atom stereocenters. The smallest absolute Gasteiger partial charge is 0.269 e. The summed E-state index contributed by atoms with van der Waals surface area (Å²) in [6.45, 7) is 0.797. The van der Waals surface area contributed by atoms with Crippen LogP contribution >= 0.6 is 0 Å². The number of hydrogen-bond acceptors (Lipinski definition) is 5. The van der Waals surface area contributed by atoms with E-state index in [2.05, 4.69) is 0 Å². The van der Waals surface area contributed by atoms with Crippen molar-refractivity contribution < 1.29 is 13.3 Å². The molecule has 7 nitrogen and oxygen atoms in total. The zero-order chi connectivity index (χ0) is 15.3. The third kappa shape index (κ3) is 1.97. The Balaban J connectivity index is 1.95. The predicted molar refractivity (Wildman–Crippen MR) is 76.1 cm³/mol. The van der Waals surface area contributed by atoms with Gasteiger partial charge in [0.25, 0.3) is 5.69 Å². The molecule has 0 bridgehead atoms. The van der Waals surface area contributed by atoms with Gasteiger partial charge in [0.2, 0.25) is 10.0 Å². The zero-order valence-electron chi connectivity index (χ0n) is 11.4. The van der Waals surface area contributed by atoms with Crippen molar-refractivity contribution in [3.05, 3.63) is 34.4 Å². The molecule has 1 aliphatic heterocycles. The summed E-state index contributed by atoms with van der Waals surface area (Å²) < 4.78 is 27.0. The molecule has 1 aliphatic carbocycles. The van der Waals surface area contributed by atoms with E-state index in [4.69, 9.17) is 5.73 Å². The predicted octanol–water partition coefficient (Wildman–Crippen LogP) is 1.10. The van der Waals surface area contributed by atoms with Gasteiger partial charge in [-0.25, -0.2) is 8.42 Å². The second kappa shape index (κ2) is 4.75. The summed E-state index contributed by atoms with van der Waals surface area (Å²) in [5, 5.41) is 10.6. The fourth-order valence-electron chi connectivity index (χ4n) is 3.52. The van der Waals surface area contributed by atoms with Crippen LogP contribution in [0.15, 0.2) is 29.2 Å². The van der Waals surface area contributed by atoms with Gasteiger partial charge in [0.15, 0.2) is 0 Å². The maximum absolute atomic E-state index is 12.8. The first-order valence-electron chi connectivity index (χ1n) is 6.89. The van der Waals surface area contributed by atoms with E-state index in [-0.39, 0.29) is 10.6 Å². The van der Waals surface area contributed by atoms with Crippen molar-refractivity contribution >= 4 is 15.7 Å². The van der Waals surface area contributed by atoms with Crippen LogP contribution in [0.1, 0.15) is 19.3 Å². The average Bonchev–Trinajstić information content (AvgIpc) is 2.71. The maximum atomic E-state index is 12.8. The van der Waals surface area contributed by atoms with Crippen LogP contribution < -0.4 is 5.73 Å². The van der Waals surface area contributed by atoms with Crippen molar-refractivity contribution in [3.63, 3.8) is 0 Å². The standard InChI is InChI=1S/C13H17N3O4S/c14-9-13-7-5-10(13)6-8-15(13)21(19,20)12-3-1-11(2-4-12)16(17)18/h1-4,10H,5-9,14H2. The van der Waals surface area contributed by atoms with Gasteiger partial charge in [0, 0.05) is 25.2 Å². The lowest BCUT2D eigenvalue weighted by atomic mass is 9.68. The Labute approximate surface area is 122 Å². The molecule has 0 spiro atoms. The second-order valence-electron chi connectivity index (χ2n) is 5.66. The molecule has 1 saturated carbocycles. The Morgan fingerprint density at radius 2 is 2.00 bits per heavy atom. The van der Waals surface area contributed by atoms with Crippen LogP contribution in [-0.2, 0) is 10.0 Å². The van der Waals surface area contributed by atoms with Crippen LogP contribution in [0.25, 0.3) is 0 Å². The van der Waals surface area contributed by atoms with Gasteiger partial charge in [-0.3, -0.25) is 10.1 Å². The number of fused-ring (bicyclic) bond motifs is 1. The Morgan fingerprint density at radius 3 is 2.48 bits per heavy atom. The fraction of sp³-hybridized carbons (Fsp3) is 0.538. The molecule has 2 aliphatic rings. The Hall–Kier alpha value is -1.51. The third-order valence-electron chi connectivity index (χ3n) is 4.85. The first kappa shape index (κ1) is 14.4. The van der Waals surface area contributed by atoms with E-state index in [1.165, 1.54) is 28.6 Å². The van der Waals surface area contributed by atoms with E-state index in [1.807, 2.05) is 0 Å². The molecule has 0 aromatic heterocycles. The molecule has 1 aromatic carbocycles. The molecule has 2 N–H and O–H groups in total. The highest BCUT2D eigenvalue weighted by Gasteiger charge is 2.58. The molecule has 114 valence electrons. The summed E-state index contributed by atoms with van der Waals surface area (Å²) >= 11 is 0. The van der Waals surface area contributed by atoms with Crippen molar-refractivity contribution in [2.75, 3.05) is 13.1 Å². The lowest BCUT2D eigenvalue weighted by Gasteiger charge is -2.48. The number of nitro benzene ring substituents is 1. The minimum atomic E-state index is -3.65. The van der Waals surface area contributed by atoms with Crippen LogP contribution in [0.2, 0.25) is 0 Å². The maximum Gasteiger partial charge on any atom is 0.269 e. The highest BCUT2D eigenvalue weighted by molar-refractivity contribution is 7.89. The van der Waals surface area contributed by atoms with Crippen LogP contribution in [0.3, 0.4) is 0 Å². The van der Waals surface area contributed by atoms with Crippen LogP contribution in [0.4, 0.5) is 5.69 Å². The SMILES string of the molecule is NCC12CCC1CCN2S(=O)(=O)c1ccc([N+](=O)[O-])cc1. The lowest BCUT2D eigenvalue weighted by molar-refractivity contribution is -0.384. The molecule has 2 fully saturated rings. The number of sulfonamides is 1. The number of nitro groups is 1. The van der Waals surface area contributed by atoms with E-state index < -0.39 is 20.5 Å². The number of non-ortho nitro benzene ring substituents is 1. The molecular weight excluding hydrogens is 294 g/mol. The van der Waals surface area contributed by atoms with Crippen molar-refractivity contribution in [3.8, 4) is 0 Å². The highest BCUT2D eigenvalue weighted by Crippen LogP contribution is 2.51. The van der Waals surface area contributed by atoms with Gasteiger partial charge in [0.05, 0.1) is 15.4 Å². The van der Waals surface area contributed by atoms with E-state index in [0.29, 0.717) is 19.0 Å². The van der Waals surface area contributed by atoms with Crippen LogP contribution in [0.5, 0.6) is 0 Å². The first-order chi connectivity index (χ1) is 9.91. The summed E-state index contributed by atoms with van der Waals surface area (Å²) in [5.41, 5.74) is 5.28.